The van der Waals surface area contributed by atoms with Crippen molar-refractivity contribution in [3.8, 4) is 0 Å². The van der Waals surface area contributed by atoms with E-state index in [9.17, 15) is 4.79 Å². The van der Waals surface area contributed by atoms with Gasteiger partial charge in [-0.05, 0) is 30.5 Å². The van der Waals surface area contributed by atoms with Crippen molar-refractivity contribution in [1.29, 1.82) is 0 Å². The predicted molar refractivity (Wildman–Crippen MR) is 62.8 cm³/mol. The van der Waals surface area contributed by atoms with Gasteiger partial charge in [-0.3, -0.25) is 4.79 Å². The van der Waals surface area contributed by atoms with Crippen LogP contribution >= 0.6 is 23.2 Å². The van der Waals surface area contributed by atoms with Crippen LogP contribution in [0.4, 0.5) is 0 Å². The Balaban J connectivity index is 2.03. The van der Waals surface area contributed by atoms with Crippen LogP contribution in [0, 0.1) is 5.92 Å². The maximum absolute atomic E-state index is 11.8. The van der Waals surface area contributed by atoms with E-state index in [1.165, 1.54) is 12.8 Å². The highest BCUT2D eigenvalue weighted by atomic mass is 35.5. The van der Waals surface area contributed by atoms with Crippen LogP contribution in [-0.4, -0.2) is 5.78 Å². The SMILES string of the molecule is O=C(CCC1CC1)c1ccc(Cl)cc1Cl. The van der Waals surface area contributed by atoms with Crippen molar-refractivity contribution in [2.24, 2.45) is 5.92 Å². The van der Waals surface area contributed by atoms with Gasteiger partial charge in [-0.2, -0.15) is 0 Å². The Labute approximate surface area is 99.4 Å². The van der Waals surface area contributed by atoms with Gasteiger partial charge < -0.3 is 0 Å². The molecule has 0 spiro atoms. The van der Waals surface area contributed by atoms with E-state index in [-0.39, 0.29) is 5.78 Å². The van der Waals surface area contributed by atoms with Gasteiger partial charge >= 0.3 is 0 Å². The molecule has 1 nitrogen and oxygen atoms in total. The fourth-order valence-electron chi connectivity index (χ4n) is 1.59. The minimum absolute atomic E-state index is 0.128. The third kappa shape index (κ3) is 2.96. The fourth-order valence-corrected chi connectivity index (χ4v) is 2.11. The van der Waals surface area contributed by atoms with Crippen molar-refractivity contribution < 1.29 is 4.79 Å². The van der Waals surface area contributed by atoms with Crippen molar-refractivity contribution >= 4 is 29.0 Å². The Morgan fingerprint density at radius 2 is 2.07 bits per heavy atom. The van der Waals surface area contributed by atoms with E-state index in [0.29, 0.717) is 22.0 Å². The van der Waals surface area contributed by atoms with Crippen LogP contribution in [0.15, 0.2) is 18.2 Å². The van der Waals surface area contributed by atoms with E-state index >= 15 is 0 Å². The summed E-state index contributed by atoms with van der Waals surface area (Å²) in [6.07, 6.45) is 4.16. The zero-order valence-corrected chi connectivity index (χ0v) is 9.81. The first-order valence-corrected chi connectivity index (χ1v) is 5.90. The highest BCUT2D eigenvalue weighted by Crippen LogP contribution is 2.34. The highest BCUT2D eigenvalue weighted by molar-refractivity contribution is 6.36. The van der Waals surface area contributed by atoms with Crippen LogP contribution < -0.4 is 0 Å². The first-order chi connectivity index (χ1) is 7.16. The Morgan fingerprint density at radius 1 is 1.33 bits per heavy atom. The number of ketones is 1. The molecule has 0 heterocycles. The summed E-state index contributed by atoms with van der Waals surface area (Å²) in [4.78, 5) is 11.8. The van der Waals surface area contributed by atoms with E-state index in [0.717, 1.165) is 12.3 Å². The number of halogens is 2. The van der Waals surface area contributed by atoms with Gasteiger partial charge in [0.25, 0.3) is 0 Å². The van der Waals surface area contributed by atoms with Crippen molar-refractivity contribution in [2.75, 3.05) is 0 Å². The monoisotopic (exact) mass is 242 g/mol. The smallest absolute Gasteiger partial charge is 0.164 e. The van der Waals surface area contributed by atoms with Crippen molar-refractivity contribution in [2.45, 2.75) is 25.7 Å². The summed E-state index contributed by atoms with van der Waals surface area (Å²) in [5.74, 6) is 0.906. The molecule has 80 valence electrons. The van der Waals surface area contributed by atoms with Gasteiger partial charge in [-0.25, -0.2) is 0 Å². The zero-order valence-electron chi connectivity index (χ0n) is 8.30. The zero-order chi connectivity index (χ0) is 10.8. The molecule has 1 aliphatic carbocycles. The number of carbonyl (C=O) groups is 1. The summed E-state index contributed by atoms with van der Waals surface area (Å²) in [6.45, 7) is 0. The number of benzene rings is 1. The maximum atomic E-state index is 11.8. The second-order valence-corrected chi connectivity index (χ2v) is 4.87. The number of Topliss-reactive ketones (excluding diaryl/α,β-unsaturated/α-hetero) is 1. The standard InChI is InChI=1S/C12H12Cl2O/c13-9-4-5-10(11(14)7-9)12(15)6-3-8-1-2-8/h4-5,7-8H,1-3,6H2. The predicted octanol–water partition coefficient (Wildman–Crippen LogP) is 4.37. The van der Waals surface area contributed by atoms with Crippen LogP contribution in [0.1, 0.15) is 36.0 Å². The van der Waals surface area contributed by atoms with Crippen LogP contribution in [0.5, 0.6) is 0 Å². The summed E-state index contributed by atoms with van der Waals surface area (Å²) >= 11 is 11.7. The molecule has 1 fully saturated rings. The summed E-state index contributed by atoms with van der Waals surface area (Å²) in [7, 11) is 0. The number of hydrogen-bond donors (Lipinski definition) is 0. The largest absolute Gasteiger partial charge is 0.294 e. The lowest BCUT2D eigenvalue weighted by atomic mass is 10.1. The van der Waals surface area contributed by atoms with Gasteiger partial charge in [-0.1, -0.05) is 36.0 Å². The van der Waals surface area contributed by atoms with E-state index in [1.807, 2.05) is 0 Å². The van der Waals surface area contributed by atoms with Crippen molar-refractivity contribution in [3.05, 3.63) is 33.8 Å². The summed E-state index contributed by atoms with van der Waals surface area (Å²) in [6, 6.07) is 5.03. The van der Waals surface area contributed by atoms with Gasteiger partial charge in [0, 0.05) is 17.0 Å². The molecule has 0 radical (unpaired) electrons. The normalized spacial score (nSPS) is 15.3. The molecule has 15 heavy (non-hydrogen) atoms. The molecule has 0 aliphatic heterocycles. The first kappa shape index (κ1) is 11.0. The van der Waals surface area contributed by atoms with Gasteiger partial charge in [0.05, 0.1) is 5.02 Å². The van der Waals surface area contributed by atoms with Crippen LogP contribution in [0.2, 0.25) is 10.0 Å². The Kier molecular flexibility index (Phi) is 3.32. The first-order valence-electron chi connectivity index (χ1n) is 5.15. The Hall–Kier alpha value is -0.530. The van der Waals surface area contributed by atoms with E-state index in [1.54, 1.807) is 18.2 Å². The summed E-state index contributed by atoms with van der Waals surface area (Å²) in [5.41, 5.74) is 0.599. The number of hydrogen-bond acceptors (Lipinski definition) is 1. The van der Waals surface area contributed by atoms with Gasteiger partial charge in [-0.15, -0.1) is 0 Å². The van der Waals surface area contributed by atoms with Crippen LogP contribution in [0.3, 0.4) is 0 Å². The molecule has 1 aliphatic rings. The van der Waals surface area contributed by atoms with Gasteiger partial charge in [0.15, 0.2) is 5.78 Å². The molecule has 1 aromatic rings. The third-order valence-corrected chi connectivity index (χ3v) is 3.26. The molecular weight excluding hydrogens is 231 g/mol. The molecule has 0 saturated heterocycles. The molecule has 0 aromatic heterocycles. The lowest BCUT2D eigenvalue weighted by molar-refractivity contribution is 0.0978. The minimum atomic E-state index is 0.128. The lowest BCUT2D eigenvalue weighted by Gasteiger charge is -2.03. The van der Waals surface area contributed by atoms with E-state index in [2.05, 4.69) is 0 Å². The molecule has 0 unspecified atom stereocenters. The van der Waals surface area contributed by atoms with Crippen LogP contribution in [0.25, 0.3) is 0 Å². The van der Waals surface area contributed by atoms with Gasteiger partial charge in [0.1, 0.15) is 0 Å². The minimum Gasteiger partial charge on any atom is -0.294 e. The van der Waals surface area contributed by atoms with Gasteiger partial charge in [0.2, 0.25) is 0 Å². The highest BCUT2D eigenvalue weighted by Gasteiger charge is 2.22. The topological polar surface area (TPSA) is 17.1 Å². The third-order valence-electron chi connectivity index (χ3n) is 2.71. The van der Waals surface area contributed by atoms with Crippen molar-refractivity contribution in [3.63, 3.8) is 0 Å². The quantitative estimate of drug-likeness (QED) is 0.717. The molecule has 1 saturated carbocycles. The average Bonchev–Trinajstić information content (AvgIpc) is 2.97. The molecule has 0 amide bonds. The second kappa shape index (κ2) is 4.54. The summed E-state index contributed by atoms with van der Waals surface area (Å²) < 4.78 is 0. The molecular formula is C12H12Cl2O. The van der Waals surface area contributed by atoms with E-state index in [4.69, 9.17) is 23.2 Å². The molecule has 0 atom stereocenters. The fraction of sp³-hybridized carbons (Fsp3) is 0.417. The molecule has 1 aromatic carbocycles. The maximum Gasteiger partial charge on any atom is 0.164 e. The molecule has 2 rings (SSSR count). The molecule has 0 bridgehead atoms. The molecule has 3 heteroatoms. The summed E-state index contributed by atoms with van der Waals surface area (Å²) in [5, 5.41) is 1.03. The second-order valence-electron chi connectivity index (χ2n) is 4.03. The van der Waals surface area contributed by atoms with Crippen LogP contribution in [-0.2, 0) is 0 Å². The number of carbonyl (C=O) groups excluding carboxylic acids is 1. The Bertz CT molecular complexity index is 383. The Morgan fingerprint density at radius 3 is 2.67 bits per heavy atom. The van der Waals surface area contributed by atoms with Crippen molar-refractivity contribution in [1.82, 2.24) is 0 Å². The van der Waals surface area contributed by atoms with E-state index < -0.39 is 0 Å². The average molecular weight is 243 g/mol. The number of rotatable bonds is 4. The lowest BCUT2D eigenvalue weighted by Crippen LogP contribution is -2.00. The molecule has 0 N–H and O–H groups in total.